The maximum absolute atomic E-state index is 12.7. The Hall–Kier alpha value is -2.00. The Balaban J connectivity index is 1.57. The molecule has 0 aliphatic carbocycles. The molecule has 5 nitrogen and oxygen atoms in total. The van der Waals surface area contributed by atoms with Gasteiger partial charge in [0.25, 0.3) is 0 Å². The topological polar surface area (TPSA) is 63.7 Å². The first-order valence-corrected chi connectivity index (χ1v) is 11.9. The molecule has 0 bridgehead atoms. The standard InChI is InChI=1S/C21H22BrF2NO4S/c22-16-7-8-19(29-21(23)24)15(14-16)6-9-20(26)25-12-10-18(11-13-25)30(27,28)17-4-2-1-3-5-17/h1-5,7-8,14,18,21H,6,9-13H2. The molecular weight excluding hydrogens is 480 g/mol. The number of benzene rings is 2. The second-order valence-electron chi connectivity index (χ2n) is 7.07. The Morgan fingerprint density at radius 1 is 1.13 bits per heavy atom. The van der Waals surface area contributed by atoms with E-state index in [9.17, 15) is 22.0 Å². The maximum atomic E-state index is 12.7. The van der Waals surface area contributed by atoms with Gasteiger partial charge < -0.3 is 9.64 Å². The molecule has 30 heavy (non-hydrogen) atoms. The van der Waals surface area contributed by atoms with E-state index in [4.69, 9.17) is 0 Å². The number of halogens is 3. The molecule has 2 aromatic carbocycles. The molecule has 2 aromatic rings. The van der Waals surface area contributed by atoms with Crippen molar-refractivity contribution in [3.63, 3.8) is 0 Å². The molecule has 3 rings (SSSR count). The molecule has 1 heterocycles. The van der Waals surface area contributed by atoms with Crippen LogP contribution in [-0.2, 0) is 21.1 Å². The average molecular weight is 502 g/mol. The summed E-state index contributed by atoms with van der Waals surface area (Å²) < 4.78 is 55.9. The molecule has 1 aliphatic rings. The van der Waals surface area contributed by atoms with Gasteiger partial charge in [-0.3, -0.25) is 4.79 Å². The largest absolute Gasteiger partial charge is 0.435 e. The summed E-state index contributed by atoms with van der Waals surface area (Å²) in [5, 5.41) is -0.514. The maximum Gasteiger partial charge on any atom is 0.387 e. The first-order valence-electron chi connectivity index (χ1n) is 9.57. The summed E-state index contributed by atoms with van der Waals surface area (Å²) in [6.45, 7) is -2.23. The lowest BCUT2D eigenvalue weighted by Gasteiger charge is -2.32. The molecule has 1 aliphatic heterocycles. The van der Waals surface area contributed by atoms with Crippen molar-refractivity contribution in [1.29, 1.82) is 0 Å². The molecule has 0 unspecified atom stereocenters. The monoisotopic (exact) mass is 501 g/mol. The van der Waals surface area contributed by atoms with Crippen molar-refractivity contribution in [2.24, 2.45) is 0 Å². The average Bonchev–Trinajstić information content (AvgIpc) is 2.74. The van der Waals surface area contributed by atoms with Gasteiger partial charge in [0.15, 0.2) is 9.84 Å². The van der Waals surface area contributed by atoms with Crippen LogP contribution < -0.4 is 4.74 Å². The highest BCUT2D eigenvalue weighted by molar-refractivity contribution is 9.10. The fourth-order valence-corrected chi connectivity index (χ4v) is 5.73. The van der Waals surface area contributed by atoms with Crippen molar-refractivity contribution in [3.8, 4) is 5.75 Å². The van der Waals surface area contributed by atoms with Crippen molar-refractivity contribution < 1.29 is 26.7 Å². The lowest BCUT2D eigenvalue weighted by molar-refractivity contribution is -0.132. The number of nitrogens with zero attached hydrogens (tertiary/aromatic N) is 1. The summed E-state index contributed by atoms with van der Waals surface area (Å²) in [6, 6.07) is 13.0. The number of aryl methyl sites for hydroxylation is 1. The Bertz CT molecular complexity index is 978. The Morgan fingerprint density at radius 2 is 1.80 bits per heavy atom. The molecule has 162 valence electrons. The van der Waals surface area contributed by atoms with E-state index in [1.54, 1.807) is 47.4 Å². The van der Waals surface area contributed by atoms with Crippen molar-refractivity contribution in [1.82, 2.24) is 4.90 Å². The van der Waals surface area contributed by atoms with Crippen molar-refractivity contribution in [2.45, 2.75) is 42.4 Å². The number of rotatable bonds is 7. The lowest BCUT2D eigenvalue weighted by atomic mass is 10.1. The van der Waals surface area contributed by atoms with E-state index >= 15 is 0 Å². The van der Waals surface area contributed by atoms with Gasteiger partial charge in [0.1, 0.15) is 5.75 Å². The number of likely N-dealkylation sites (tertiary alicyclic amines) is 1. The zero-order chi connectivity index (χ0) is 21.7. The van der Waals surface area contributed by atoms with E-state index in [0.717, 1.165) is 0 Å². The van der Waals surface area contributed by atoms with E-state index < -0.39 is 21.7 Å². The molecule has 0 atom stereocenters. The van der Waals surface area contributed by atoms with Gasteiger partial charge in [-0.05, 0) is 55.2 Å². The molecule has 1 amide bonds. The normalized spacial score (nSPS) is 15.4. The first-order chi connectivity index (χ1) is 14.3. The predicted molar refractivity (Wildman–Crippen MR) is 112 cm³/mol. The molecule has 9 heteroatoms. The predicted octanol–water partition coefficient (Wildman–Crippen LogP) is 4.45. The highest BCUT2D eigenvalue weighted by Crippen LogP contribution is 2.28. The van der Waals surface area contributed by atoms with Crippen LogP contribution in [-0.4, -0.2) is 44.2 Å². The van der Waals surface area contributed by atoms with Crippen molar-refractivity contribution in [3.05, 3.63) is 58.6 Å². The molecule has 0 aromatic heterocycles. The van der Waals surface area contributed by atoms with Crippen molar-refractivity contribution >= 4 is 31.7 Å². The van der Waals surface area contributed by atoms with Gasteiger partial charge in [-0.2, -0.15) is 8.78 Å². The van der Waals surface area contributed by atoms with Gasteiger partial charge in [0, 0.05) is 24.0 Å². The van der Waals surface area contributed by atoms with Crippen LogP contribution in [0.15, 0.2) is 57.9 Å². The second kappa shape index (κ2) is 9.87. The lowest BCUT2D eigenvalue weighted by Crippen LogP contribution is -2.42. The molecule has 0 N–H and O–H groups in total. The minimum absolute atomic E-state index is 0.0497. The van der Waals surface area contributed by atoms with Crippen LogP contribution >= 0.6 is 15.9 Å². The number of piperidine rings is 1. The summed E-state index contributed by atoms with van der Waals surface area (Å²) in [6.07, 6.45) is 1.13. The fourth-order valence-electron chi connectivity index (χ4n) is 3.57. The Kier molecular flexibility index (Phi) is 7.46. The minimum atomic E-state index is -3.42. The smallest absolute Gasteiger partial charge is 0.387 e. The van der Waals surface area contributed by atoms with Gasteiger partial charge in [0.05, 0.1) is 10.1 Å². The molecule has 1 fully saturated rings. The third-order valence-corrected chi connectivity index (χ3v) is 7.92. The van der Waals surface area contributed by atoms with E-state index in [2.05, 4.69) is 20.7 Å². The van der Waals surface area contributed by atoms with E-state index in [1.807, 2.05) is 0 Å². The number of ether oxygens (including phenoxy) is 1. The first kappa shape index (κ1) is 22.7. The molecule has 0 radical (unpaired) electrons. The SMILES string of the molecule is O=C(CCc1cc(Br)ccc1OC(F)F)N1CCC(S(=O)(=O)c2ccccc2)CC1. The van der Waals surface area contributed by atoms with Crippen LogP contribution in [0.1, 0.15) is 24.8 Å². The number of alkyl halides is 2. The Labute approximate surface area is 183 Å². The van der Waals surface area contributed by atoms with E-state index in [-0.39, 0.29) is 24.5 Å². The number of hydrogen-bond donors (Lipinski definition) is 0. The summed E-state index contributed by atoms with van der Waals surface area (Å²) in [5.41, 5.74) is 0.513. The van der Waals surface area contributed by atoms with Gasteiger partial charge in [-0.15, -0.1) is 0 Å². The third-order valence-electron chi connectivity index (χ3n) is 5.15. The van der Waals surface area contributed by atoms with Crippen LogP contribution in [0.3, 0.4) is 0 Å². The zero-order valence-electron chi connectivity index (χ0n) is 16.1. The van der Waals surface area contributed by atoms with Crippen LogP contribution in [0.5, 0.6) is 5.75 Å². The van der Waals surface area contributed by atoms with Crippen LogP contribution in [0.4, 0.5) is 8.78 Å². The number of hydrogen-bond acceptors (Lipinski definition) is 4. The summed E-state index contributed by atoms with van der Waals surface area (Å²) in [7, 11) is -3.42. The van der Waals surface area contributed by atoms with Crippen LogP contribution in [0.25, 0.3) is 0 Å². The summed E-state index contributed by atoms with van der Waals surface area (Å²) >= 11 is 3.30. The zero-order valence-corrected chi connectivity index (χ0v) is 18.5. The van der Waals surface area contributed by atoms with E-state index in [0.29, 0.717) is 40.9 Å². The number of carbonyl (C=O) groups is 1. The quantitative estimate of drug-likeness (QED) is 0.562. The minimum Gasteiger partial charge on any atom is -0.435 e. The fraction of sp³-hybridized carbons (Fsp3) is 0.381. The van der Waals surface area contributed by atoms with Gasteiger partial charge in [-0.25, -0.2) is 8.42 Å². The highest BCUT2D eigenvalue weighted by atomic mass is 79.9. The summed E-state index contributed by atoms with van der Waals surface area (Å²) in [5.74, 6) is -0.0813. The van der Waals surface area contributed by atoms with Crippen molar-refractivity contribution in [2.75, 3.05) is 13.1 Å². The van der Waals surface area contributed by atoms with Gasteiger partial charge in [0.2, 0.25) is 5.91 Å². The Morgan fingerprint density at radius 3 is 2.43 bits per heavy atom. The van der Waals surface area contributed by atoms with Crippen LogP contribution in [0, 0.1) is 0 Å². The van der Waals surface area contributed by atoms with Crippen LogP contribution in [0.2, 0.25) is 0 Å². The third kappa shape index (κ3) is 5.57. The molecule has 1 saturated heterocycles. The highest BCUT2D eigenvalue weighted by Gasteiger charge is 2.32. The number of carbonyl (C=O) groups excluding carboxylic acids is 1. The molecule has 0 saturated carbocycles. The molecular formula is C21H22BrF2NO4S. The summed E-state index contributed by atoms with van der Waals surface area (Å²) in [4.78, 5) is 14.5. The van der Waals surface area contributed by atoms with Gasteiger partial charge in [-0.1, -0.05) is 34.1 Å². The van der Waals surface area contributed by atoms with E-state index in [1.165, 1.54) is 6.07 Å². The number of amides is 1. The second-order valence-corrected chi connectivity index (χ2v) is 10.2. The molecule has 0 spiro atoms. The van der Waals surface area contributed by atoms with Gasteiger partial charge >= 0.3 is 6.61 Å². The number of sulfone groups is 1.